The first-order valence-electron chi connectivity index (χ1n) is 8.55. The fourth-order valence-electron chi connectivity index (χ4n) is 2.45. The fraction of sp³-hybridized carbons (Fsp3) is 0.474. The molecule has 24 heavy (non-hydrogen) atoms. The standard InChI is InChI=1S/C19H26ClN3O/c1-4-5-7-16-8-9-17(14(2)12-16)24-11-6-10-21-19-18(20)15(3)22-13-23-19/h8-9,12-13H,4-7,10-11H2,1-3H3,(H,21,22,23). The Hall–Kier alpha value is -1.81. The van der Waals surface area contributed by atoms with Crippen LogP contribution in [-0.4, -0.2) is 23.1 Å². The van der Waals surface area contributed by atoms with Gasteiger partial charge in [-0.3, -0.25) is 0 Å². The summed E-state index contributed by atoms with van der Waals surface area (Å²) in [4.78, 5) is 8.20. The van der Waals surface area contributed by atoms with E-state index in [0.717, 1.165) is 30.8 Å². The van der Waals surface area contributed by atoms with Gasteiger partial charge in [0.15, 0.2) is 0 Å². The van der Waals surface area contributed by atoms with E-state index in [0.29, 0.717) is 17.4 Å². The van der Waals surface area contributed by atoms with Gasteiger partial charge in [0.1, 0.15) is 22.9 Å². The third-order valence-electron chi connectivity index (χ3n) is 3.89. The van der Waals surface area contributed by atoms with Gasteiger partial charge in [0.2, 0.25) is 0 Å². The van der Waals surface area contributed by atoms with Gasteiger partial charge in [-0.2, -0.15) is 0 Å². The van der Waals surface area contributed by atoms with E-state index in [-0.39, 0.29) is 0 Å². The molecule has 0 saturated carbocycles. The van der Waals surface area contributed by atoms with Crippen LogP contribution in [0.3, 0.4) is 0 Å². The lowest BCUT2D eigenvalue weighted by Crippen LogP contribution is -2.09. The number of aromatic nitrogens is 2. The molecule has 0 unspecified atom stereocenters. The van der Waals surface area contributed by atoms with Crippen LogP contribution < -0.4 is 10.1 Å². The lowest BCUT2D eigenvalue weighted by Gasteiger charge is -2.12. The average Bonchev–Trinajstić information content (AvgIpc) is 2.58. The molecule has 2 rings (SSSR count). The molecule has 0 aliphatic carbocycles. The summed E-state index contributed by atoms with van der Waals surface area (Å²) in [7, 11) is 0. The molecule has 0 spiro atoms. The molecule has 2 aromatic rings. The minimum Gasteiger partial charge on any atom is -0.493 e. The van der Waals surface area contributed by atoms with Crippen LogP contribution in [0.5, 0.6) is 5.75 Å². The highest BCUT2D eigenvalue weighted by molar-refractivity contribution is 6.33. The van der Waals surface area contributed by atoms with Crippen molar-refractivity contribution in [2.24, 2.45) is 0 Å². The lowest BCUT2D eigenvalue weighted by atomic mass is 10.1. The Labute approximate surface area is 149 Å². The molecule has 1 aromatic carbocycles. The second kappa shape index (κ2) is 9.48. The number of aryl methyl sites for hydroxylation is 3. The summed E-state index contributed by atoms with van der Waals surface area (Å²) in [5, 5.41) is 3.80. The Balaban J connectivity index is 1.75. The van der Waals surface area contributed by atoms with Gasteiger partial charge in [0.25, 0.3) is 0 Å². The van der Waals surface area contributed by atoms with Crippen LogP contribution in [0.4, 0.5) is 5.82 Å². The summed E-state index contributed by atoms with van der Waals surface area (Å²) < 4.78 is 5.88. The van der Waals surface area contributed by atoms with E-state index < -0.39 is 0 Å². The van der Waals surface area contributed by atoms with Crippen molar-refractivity contribution >= 4 is 17.4 Å². The number of rotatable bonds is 9. The molecule has 0 amide bonds. The van der Waals surface area contributed by atoms with Gasteiger partial charge in [-0.05, 0) is 50.3 Å². The second-order valence-corrected chi connectivity index (χ2v) is 6.33. The largest absolute Gasteiger partial charge is 0.493 e. The number of unbranched alkanes of at least 4 members (excludes halogenated alkanes) is 1. The predicted octanol–water partition coefficient (Wildman–Crippen LogP) is 4.97. The van der Waals surface area contributed by atoms with Crippen LogP contribution in [0.2, 0.25) is 5.02 Å². The van der Waals surface area contributed by atoms with Gasteiger partial charge in [-0.15, -0.1) is 0 Å². The summed E-state index contributed by atoms with van der Waals surface area (Å²) in [5.41, 5.74) is 3.37. The van der Waals surface area contributed by atoms with E-state index in [1.54, 1.807) is 0 Å². The molecule has 0 bridgehead atoms. The maximum absolute atomic E-state index is 6.15. The molecule has 5 heteroatoms. The van der Waals surface area contributed by atoms with Crippen molar-refractivity contribution < 1.29 is 4.74 Å². The van der Waals surface area contributed by atoms with Crippen molar-refractivity contribution in [1.29, 1.82) is 0 Å². The molecule has 0 radical (unpaired) electrons. The average molecular weight is 348 g/mol. The Kier molecular flexibility index (Phi) is 7.32. The zero-order valence-corrected chi connectivity index (χ0v) is 15.5. The molecule has 0 aliphatic heterocycles. The molecule has 1 heterocycles. The third kappa shape index (κ3) is 5.38. The molecule has 0 aliphatic rings. The summed E-state index contributed by atoms with van der Waals surface area (Å²) in [5.74, 6) is 1.65. The highest BCUT2D eigenvalue weighted by Crippen LogP contribution is 2.22. The van der Waals surface area contributed by atoms with Gasteiger partial charge in [0, 0.05) is 6.54 Å². The monoisotopic (exact) mass is 347 g/mol. The highest BCUT2D eigenvalue weighted by atomic mass is 35.5. The van der Waals surface area contributed by atoms with Crippen molar-refractivity contribution in [1.82, 2.24) is 9.97 Å². The van der Waals surface area contributed by atoms with Crippen molar-refractivity contribution in [3.8, 4) is 5.75 Å². The zero-order valence-electron chi connectivity index (χ0n) is 14.7. The smallest absolute Gasteiger partial charge is 0.148 e. The van der Waals surface area contributed by atoms with E-state index in [4.69, 9.17) is 16.3 Å². The maximum atomic E-state index is 6.15. The summed E-state index contributed by atoms with van der Waals surface area (Å²) in [6.07, 6.45) is 5.98. The number of halogens is 1. The first kappa shape index (κ1) is 18.5. The number of hydrogen-bond donors (Lipinski definition) is 1. The SMILES string of the molecule is CCCCc1ccc(OCCCNc2ncnc(C)c2Cl)c(C)c1. The van der Waals surface area contributed by atoms with Crippen molar-refractivity contribution in [3.63, 3.8) is 0 Å². The minimum absolute atomic E-state index is 0.580. The molecule has 0 saturated heterocycles. The number of nitrogens with zero attached hydrogens (tertiary/aromatic N) is 2. The second-order valence-electron chi connectivity index (χ2n) is 5.95. The lowest BCUT2D eigenvalue weighted by molar-refractivity contribution is 0.313. The van der Waals surface area contributed by atoms with Crippen LogP contribution in [0.25, 0.3) is 0 Å². The van der Waals surface area contributed by atoms with Crippen molar-refractivity contribution in [2.45, 2.75) is 46.5 Å². The summed E-state index contributed by atoms with van der Waals surface area (Å²) >= 11 is 6.15. The molecule has 4 nitrogen and oxygen atoms in total. The normalized spacial score (nSPS) is 10.7. The summed E-state index contributed by atoms with van der Waals surface area (Å²) in [6, 6.07) is 6.48. The Bertz CT molecular complexity index is 661. The van der Waals surface area contributed by atoms with E-state index in [1.807, 2.05) is 6.92 Å². The molecule has 0 atom stereocenters. The van der Waals surface area contributed by atoms with E-state index in [2.05, 4.69) is 47.3 Å². The van der Waals surface area contributed by atoms with Gasteiger partial charge >= 0.3 is 0 Å². The highest BCUT2D eigenvalue weighted by Gasteiger charge is 2.05. The van der Waals surface area contributed by atoms with Gasteiger partial charge < -0.3 is 10.1 Å². The maximum Gasteiger partial charge on any atom is 0.148 e. The van der Waals surface area contributed by atoms with E-state index >= 15 is 0 Å². The van der Waals surface area contributed by atoms with Crippen LogP contribution >= 0.6 is 11.6 Å². The van der Waals surface area contributed by atoms with Gasteiger partial charge in [0.05, 0.1) is 12.3 Å². The van der Waals surface area contributed by atoms with Crippen LogP contribution in [0.1, 0.15) is 43.0 Å². The quantitative estimate of drug-likeness (QED) is 0.650. The number of benzene rings is 1. The third-order valence-corrected chi connectivity index (χ3v) is 4.35. The number of nitrogens with one attached hydrogen (secondary N) is 1. The molecule has 1 N–H and O–H groups in total. The van der Waals surface area contributed by atoms with E-state index in [9.17, 15) is 0 Å². The molecule has 1 aromatic heterocycles. The topological polar surface area (TPSA) is 47.0 Å². The van der Waals surface area contributed by atoms with Crippen molar-refractivity contribution in [3.05, 3.63) is 46.4 Å². The Morgan fingerprint density at radius 1 is 1.17 bits per heavy atom. The molecule has 0 fully saturated rings. The molecular formula is C19H26ClN3O. The fourth-order valence-corrected chi connectivity index (χ4v) is 2.62. The first-order chi connectivity index (χ1) is 11.6. The van der Waals surface area contributed by atoms with Gasteiger partial charge in [-0.25, -0.2) is 9.97 Å². The summed E-state index contributed by atoms with van der Waals surface area (Å²) in [6.45, 7) is 7.60. The molecule has 130 valence electrons. The molecular weight excluding hydrogens is 322 g/mol. The number of ether oxygens (including phenoxy) is 1. The van der Waals surface area contributed by atoms with Gasteiger partial charge in [-0.1, -0.05) is 37.1 Å². The number of anilines is 1. The van der Waals surface area contributed by atoms with Crippen LogP contribution in [0, 0.1) is 13.8 Å². The zero-order chi connectivity index (χ0) is 17.4. The van der Waals surface area contributed by atoms with Crippen LogP contribution in [-0.2, 0) is 6.42 Å². The number of hydrogen-bond acceptors (Lipinski definition) is 4. The minimum atomic E-state index is 0.580. The Morgan fingerprint density at radius 3 is 2.75 bits per heavy atom. The first-order valence-corrected chi connectivity index (χ1v) is 8.93. The van der Waals surface area contributed by atoms with E-state index in [1.165, 1.54) is 30.3 Å². The Morgan fingerprint density at radius 2 is 2.00 bits per heavy atom. The van der Waals surface area contributed by atoms with Crippen molar-refractivity contribution in [2.75, 3.05) is 18.5 Å². The van der Waals surface area contributed by atoms with Crippen LogP contribution in [0.15, 0.2) is 24.5 Å². The predicted molar refractivity (Wildman–Crippen MR) is 100 cm³/mol.